The normalized spacial score (nSPS) is 16.1. The molecule has 0 aliphatic heterocycles. The molecule has 1 unspecified atom stereocenters. The van der Waals surface area contributed by atoms with Crippen molar-refractivity contribution in [2.75, 3.05) is 5.94 Å². The second kappa shape index (κ2) is 3.54. The maximum absolute atomic E-state index is 11.7. The van der Waals surface area contributed by atoms with E-state index in [4.69, 9.17) is 4.55 Å². The highest BCUT2D eigenvalue weighted by atomic mass is 32.2. The largest absolute Gasteiger partial charge is 0.445 e. The first-order chi connectivity index (χ1) is 5.13. The number of rotatable bonds is 3. The van der Waals surface area contributed by atoms with E-state index in [1.165, 1.54) is 0 Å². The second-order valence-electron chi connectivity index (χ2n) is 1.72. The molecule has 0 spiro atoms. The van der Waals surface area contributed by atoms with Crippen LogP contribution in [0.1, 0.15) is 0 Å². The summed E-state index contributed by atoms with van der Waals surface area (Å²) in [6, 6.07) is 0. The Kier molecular flexibility index (Phi) is 3.42. The Labute approximate surface area is 64.9 Å². The van der Waals surface area contributed by atoms with Gasteiger partial charge in [0.15, 0.2) is 5.94 Å². The molecule has 0 saturated heterocycles. The lowest BCUT2D eigenvalue weighted by Gasteiger charge is -2.11. The molecule has 0 amide bonds. The summed E-state index contributed by atoms with van der Waals surface area (Å²) in [5.41, 5.74) is 0. The minimum absolute atomic E-state index is 1.73. The van der Waals surface area contributed by atoms with Gasteiger partial charge in [0.05, 0.1) is 0 Å². The van der Waals surface area contributed by atoms with Gasteiger partial charge in [-0.15, -0.1) is 0 Å². The zero-order valence-corrected chi connectivity index (χ0v) is 6.19. The van der Waals surface area contributed by atoms with E-state index in [0.717, 1.165) is 0 Å². The SMILES string of the molecule is O=S(=O)(O)COC(F)C(F)(F)F. The summed E-state index contributed by atoms with van der Waals surface area (Å²) in [7, 11) is -4.74. The molecule has 0 aromatic heterocycles. The lowest BCUT2D eigenvalue weighted by Crippen LogP contribution is -2.29. The van der Waals surface area contributed by atoms with E-state index in [1.54, 1.807) is 0 Å². The molecule has 0 fully saturated rings. The van der Waals surface area contributed by atoms with Crippen molar-refractivity contribution in [1.82, 2.24) is 0 Å². The molecule has 0 aromatic carbocycles. The summed E-state index contributed by atoms with van der Waals surface area (Å²) in [6.07, 6.45) is -9.00. The molecule has 0 bridgehead atoms. The van der Waals surface area contributed by atoms with Crippen molar-refractivity contribution in [1.29, 1.82) is 0 Å². The summed E-state index contributed by atoms with van der Waals surface area (Å²) in [5, 5.41) is 0. The predicted octanol–water partition coefficient (Wildman–Crippen LogP) is 0.706. The van der Waals surface area contributed by atoms with Crippen molar-refractivity contribution in [3.8, 4) is 0 Å². The first-order valence-corrected chi connectivity index (χ1v) is 4.01. The van der Waals surface area contributed by atoms with Crippen molar-refractivity contribution in [3.05, 3.63) is 0 Å². The van der Waals surface area contributed by atoms with E-state index in [1.807, 2.05) is 0 Å². The number of hydrogen-bond donors (Lipinski definition) is 1. The molecular weight excluding hydrogens is 208 g/mol. The lowest BCUT2D eigenvalue weighted by atomic mass is 10.7. The third-order valence-electron chi connectivity index (χ3n) is 0.621. The third kappa shape index (κ3) is 5.27. The number of hydrogen-bond acceptors (Lipinski definition) is 3. The van der Waals surface area contributed by atoms with Crippen LogP contribution in [0, 0.1) is 0 Å². The van der Waals surface area contributed by atoms with Crippen LogP contribution in [0.4, 0.5) is 17.6 Å². The van der Waals surface area contributed by atoms with Crippen molar-refractivity contribution in [3.63, 3.8) is 0 Å². The Morgan fingerprint density at radius 2 is 1.83 bits per heavy atom. The Hall–Kier alpha value is -0.410. The fourth-order valence-corrected chi connectivity index (χ4v) is 0.532. The molecule has 0 rings (SSSR count). The number of alkyl halides is 4. The summed E-state index contributed by atoms with van der Waals surface area (Å²) in [5.74, 6) is -1.73. The molecule has 74 valence electrons. The average molecular weight is 212 g/mol. The van der Waals surface area contributed by atoms with E-state index in [2.05, 4.69) is 4.74 Å². The van der Waals surface area contributed by atoms with Crippen LogP contribution in [0.3, 0.4) is 0 Å². The van der Waals surface area contributed by atoms with E-state index in [0.29, 0.717) is 0 Å². The predicted molar refractivity (Wildman–Crippen MR) is 28.5 cm³/mol. The third-order valence-corrected chi connectivity index (χ3v) is 1.05. The van der Waals surface area contributed by atoms with Crippen LogP contribution in [-0.4, -0.2) is 31.4 Å². The first kappa shape index (κ1) is 11.6. The van der Waals surface area contributed by atoms with Gasteiger partial charge >= 0.3 is 6.18 Å². The topological polar surface area (TPSA) is 63.6 Å². The molecule has 9 heteroatoms. The van der Waals surface area contributed by atoms with Crippen molar-refractivity contribution in [2.45, 2.75) is 12.5 Å². The Balaban J connectivity index is 3.97. The molecular formula is C3H4F4O4S. The fourth-order valence-electron chi connectivity index (χ4n) is 0.240. The average Bonchev–Trinajstić information content (AvgIpc) is 1.78. The fraction of sp³-hybridized carbons (Fsp3) is 1.00. The van der Waals surface area contributed by atoms with Crippen molar-refractivity contribution in [2.24, 2.45) is 0 Å². The van der Waals surface area contributed by atoms with Gasteiger partial charge in [0.1, 0.15) is 0 Å². The minimum atomic E-state index is -5.29. The van der Waals surface area contributed by atoms with Gasteiger partial charge in [0.25, 0.3) is 16.5 Å². The molecule has 0 aromatic rings. The van der Waals surface area contributed by atoms with Crippen molar-refractivity contribution >= 4 is 10.1 Å². The van der Waals surface area contributed by atoms with Gasteiger partial charge < -0.3 is 4.74 Å². The van der Waals surface area contributed by atoms with Gasteiger partial charge in [0, 0.05) is 0 Å². The van der Waals surface area contributed by atoms with Crippen LogP contribution < -0.4 is 0 Å². The quantitative estimate of drug-likeness (QED) is 0.552. The molecule has 0 aliphatic rings. The highest BCUT2D eigenvalue weighted by Crippen LogP contribution is 2.23. The van der Waals surface area contributed by atoms with E-state index in [9.17, 15) is 26.0 Å². The van der Waals surface area contributed by atoms with E-state index >= 15 is 0 Å². The second-order valence-corrected chi connectivity index (χ2v) is 3.12. The van der Waals surface area contributed by atoms with Crippen LogP contribution in [0.15, 0.2) is 0 Å². The summed E-state index contributed by atoms with van der Waals surface area (Å²) in [4.78, 5) is 0. The Bertz CT molecular complexity index is 231. The molecule has 1 atom stereocenters. The summed E-state index contributed by atoms with van der Waals surface area (Å²) < 4.78 is 76.0. The Morgan fingerprint density at radius 1 is 1.42 bits per heavy atom. The zero-order valence-electron chi connectivity index (χ0n) is 5.38. The van der Waals surface area contributed by atoms with Gasteiger partial charge in [-0.2, -0.15) is 21.6 Å². The van der Waals surface area contributed by atoms with Gasteiger partial charge in [0.2, 0.25) is 0 Å². The summed E-state index contributed by atoms with van der Waals surface area (Å²) >= 11 is 0. The van der Waals surface area contributed by atoms with Gasteiger partial charge in [-0.05, 0) is 0 Å². The smallest absolute Gasteiger partial charge is 0.322 e. The standard InChI is InChI=1S/C3H4F4O4S/c4-2(3(5,6)7)11-1-12(8,9)10/h2H,1H2,(H,8,9,10). The van der Waals surface area contributed by atoms with Gasteiger partial charge in [-0.3, -0.25) is 4.55 Å². The number of halogens is 4. The Morgan fingerprint density at radius 3 is 2.08 bits per heavy atom. The highest BCUT2D eigenvalue weighted by Gasteiger charge is 2.41. The van der Waals surface area contributed by atoms with E-state index < -0.39 is 28.6 Å². The minimum Gasteiger partial charge on any atom is -0.322 e. The van der Waals surface area contributed by atoms with Gasteiger partial charge in [-0.1, -0.05) is 0 Å². The first-order valence-electron chi connectivity index (χ1n) is 2.40. The maximum Gasteiger partial charge on any atom is 0.445 e. The number of ether oxygens (including phenoxy) is 1. The zero-order chi connectivity index (χ0) is 9.99. The monoisotopic (exact) mass is 212 g/mol. The van der Waals surface area contributed by atoms with Crippen LogP contribution in [0.5, 0.6) is 0 Å². The van der Waals surface area contributed by atoms with Crippen LogP contribution >= 0.6 is 0 Å². The molecule has 12 heavy (non-hydrogen) atoms. The van der Waals surface area contributed by atoms with Crippen LogP contribution in [0.25, 0.3) is 0 Å². The summed E-state index contributed by atoms with van der Waals surface area (Å²) in [6.45, 7) is 0. The lowest BCUT2D eigenvalue weighted by molar-refractivity contribution is -0.259. The maximum atomic E-state index is 11.7. The molecule has 4 nitrogen and oxygen atoms in total. The van der Waals surface area contributed by atoms with Gasteiger partial charge in [-0.25, -0.2) is 4.39 Å². The molecule has 0 aliphatic carbocycles. The van der Waals surface area contributed by atoms with Crippen LogP contribution in [-0.2, 0) is 14.9 Å². The van der Waals surface area contributed by atoms with E-state index in [-0.39, 0.29) is 0 Å². The van der Waals surface area contributed by atoms with Crippen LogP contribution in [0.2, 0.25) is 0 Å². The molecule has 1 N–H and O–H groups in total. The van der Waals surface area contributed by atoms with Crippen molar-refractivity contribution < 1.29 is 35.3 Å². The molecule has 0 saturated carbocycles. The highest BCUT2D eigenvalue weighted by molar-refractivity contribution is 7.85. The molecule has 0 heterocycles. The molecule has 0 radical (unpaired) electrons.